The smallest absolute Gasteiger partial charge is 0.228 e. The average Bonchev–Trinajstić information content (AvgIpc) is 2.27. The van der Waals surface area contributed by atoms with Crippen molar-refractivity contribution in [2.75, 3.05) is 27.2 Å². The number of amides is 1. The number of carbonyl (C=O) groups excluding carboxylic acids is 1. The molecule has 1 N–H and O–H groups in total. The lowest BCUT2D eigenvalue weighted by atomic mass is 10.0. The third kappa shape index (κ3) is 3.37. The van der Waals surface area contributed by atoms with Gasteiger partial charge in [0.2, 0.25) is 5.91 Å². The molecule has 0 bridgehead atoms. The number of hydrogen-bond acceptors (Lipinski definition) is 3. The molecule has 1 aromatic rings. The minimum Gasteiger partial charge on any atom is -0.497 e. The van der Waals surface area contributed by atoms with Gasteiger partial charge in [0.25, 0.3) is 0 Å². The Bertz CT molecular complexity index is 390. The summed E-state index contributed by atoms with van der Waals surface area (Å²) < 4.78 is 5.10. The number of methoxy groups -OCH3 is 1. The van der Waals surface area contributed by atoms with Crippen molar-refractivity contribution in [1.82, 2.24) is 10.2 Å². The van der Waals surface area contributed by atoms with Gasteiger partial charge in [0.1, 0.15) is 5.75 Å². The Hall–Kier alpha value is -1.26. The summed E-state index contributed by atoms with van der Waals surface area (Å²) in [4.78, 5) is 13.7. The maximum atomic E-state index is 11.9. The first kappa shape index (κ1) is 14.8. The van der Waals surface area contributed by atoms with E-state index >= 15 is 0 Å². The predicted octanol–water partition coefficient (Wildman–Crippen LogP) is 1.29. The van der Waals surface area contributed by atoms with Crippen molar-refractivity contribution in [3.8, 4) is 5.75 Å². The maximum absolute atomic E-state index is 11.9. The quantitative estimate of drug-likeness (QED) is 0.897. The van der Waals surface area contributed by atoms with Crippen molar-refractivity contribution in [3.63, 3.8) is 0 Å². The minimum absolute atomic E-state index is 0. The fourth-order valence-corrected chi connectivity index (χ4v) is 1.86. The highest BCUT2D eigenvalue weighted by Crippen LogP contribution is 2.14. The van der Waals surface area contributed by atoms with Crippen LogP contribution in [0.1, 0.15) is 5.56 Å². The molecule has 0 aliphatic carbocycles. The van der Waals surface area contributed by atoms with Crippen molar-refractivity contribution in [2.45, 2.75) is 6.54 Å². The van der Waals surface area contributed by atoms with E-state index in [1.165, 1.54) is 0 Å². The van der Waals surface area contributed by atoms with E-state index in [9.17, 15) is 4.79 Å². The van der Waals surface area contributed by atoms with Crippen molar-refractivity contribution in [1.29, 1.82) is 0 Å². The number of hydrogen-bond donors (Lipinski definition) is 1. The van der Waals surface area contributed by atoms with Crippen LogP contribution in [0.15, 0.2) is 24.3 Å². The van der Waals surface area contributed by atoms with E-state index in [1.807, 2.05) is 31.3 Å². The van der Waals surface area contributed by atoms with Crippen LogP contribution in [0.4, 0.5) is 0 Å². The topological polar surface area (TPSA) is 41.6 Å². The second-order valence-electron chi connectivity index (χ2n) is 4.40. The van der Waals surface area contributed by atoms with Crippen LogP contribution >= 0.6 is 12.4 Å². The van der Waals surface area contributed by atoms with E-state index in [4.69, 9.17) is 4.74 Å². The van der Waals surface area contributed by atoms with Crippen LogP contribution < -0.4 is 10.1 Å². The van der Waals surface area contributed by atoms with Crippen molar-refractivity contribution < 1.29 is 9.53 Å². The van der Waals surface area contributed by atoms with Gasteiger partial charge in [-0.3, -0.25) is 4.79 Å². The van der Waals surface area contributed by atoms with Gasteiger partial charge < -0.3 is 15.0 Å². The van der Waals surface area contributed by atoms with Crippen molar-refractivity contribution >= 4 is 18.3 Å². The van der Waals surface area contributed by atoms with E-state index in [1.54, 1.807) is 12.0 Å². The van der Waals surface area contributed by atoms with Gasteiger partial charge >= 0.3 is 0 Å². The third-order valence-corrected chi connectivity index (χ3v) is 3.09. The first-order chi connectivity index (χ1) is 8.20. The number of nitrogens with one attached hydrogen (secondary N) is 1. The van der Waals surface area contributed by atoms with Gasteiger partial charge in [0, 0.05) is 26.7 Å². The second kappa shape index (κ2) is 6.61. The van der Waals surface area contributed by atoms with Gasteiger partial charge in [-0.2, -0.15) is 0 Å². The van der Waals surface area contributed by atoms with Crippen LogP contribution in [0.5, 0.6) is 5.75 Å². The lowest BCUT2D eigenvalue weighted by molar-refractivity contribution is -0.136. The molecule has 1 amide bonds. The number of rotatable bonds is 4. The van der Waals surface area contributed by atoms with Gasteiger partial charge in [-0.15, -0.1) is 12.4 Å². The van der Waals surface area contributed by atoms with Crippen LogP contribution in [-0.2, 0) is 11.3 Å². The molecule has 1 aliphatic rings. The molecule has 0 spiro atoms. The van der Waals surface area contributed by atoms with Crippen LogP contribution in [0.2, 0.25) is 0 Å². The SMILES string of the molecule is COc1ccc(CN(C)C(=O)C2CNC2)cc1.Cl. The lowest BCUT2D eigenvalue weighted by Crippen LogP contribution is -2.50. The van der Waals surface area contributed by atoms with E-state index in [0.717, 1.165) is 24.4 Å². The molecular weight excluding hydrogens is 252 g/mol. The zero-order valence-corrected chi connectivity index (χ0v) is 11.5. The predicted molar refractivity (Wildman–Crippen MR) is 73.1 cm³/mol. The minimum atomic E-state index is 0. The summed E-state index contributed by atoms with van der Waals surface area (Å²) in [5, 5.41) is 3.11. The lowest BCUT2D eigenvalue weighted by Gasteiger charge is -2.30. The normalized spacial score (nSPS) is 14.3. The van der Waals surface area contributed by atoms with E-state index in [2.05, 4.69) is 5.32 Å². The first-order valence-corrected chi connectivity index (χ1v) is 5.79. The molecule has 100 valence electrons. The molecule has 0 atom stereocenters. The van der Waals surface area contributed by atoms with E-state index in [-0.39, 0.29) is 24.2 Å². The van der Waals surface area contributed by atoms with Crippen LogP contribution in [0.3, 0.4) is 0 Å². The molecule has 0 aromatic heterocycles. The third-order valence-electron chi connectivity index (χ3n) is 3.09. The largest absolute Gasteiger partial charge is 0.497 e. The molecule has 1 aromatic carbocycles. The monoisotopic (exact) mass is 270 g/mol. The van der Waals surface area contributed by atoms with Gasteiger partial charge in [0.05, 0.1) is 13.0 Å². The number of benzene rings is 1. The molecule has 4 nitrogen and oxygen atoms in total. The molecular formula is C13H19ClN2O2. The number of carbonyl (C=O) groups is 1. The van der Waals surface area contributed by atoms with Gasteiger partial charge in [-0.1, -0.05) is 12.1 Å². The Morgan fingerprint density at radius 1 is 1.39 bits per heavy atom. The Labute approximate surface area is 114 Å². The summed E-state index contributed by atoms with van der Waals surface area (Å²) in [6.45, 7) is 2.27. The summed E-state index contributed by atoms with van der Waals surface area (Å²) in [5.74, 6) is 1.23. The zero-order chi connectivity index (χ0) is 12.3. The van der Waals surface area contributed by atoms with E-state index in [0.29, 0.717) is 6.54 Å². The molecule has 1 heterocycles. The Kier molecular flexibility index (Phi) is 5.44. The molecule has 0 saturated carbocycles. The van der Waals surface area contributed by atoms with Gasteiger partial charge in [-0.05, 0) is 17.7 Å². The number of nitrogens with zero attached hydrogens (tertiary/aromatic N) is 1. The first-order valence-electron chi connectivity index (χ1n) is 5.79. The Morgan fingerprint density at radius 3 is 2.44 bits per heavy atom. The summed E-state index contributed by atoms with van der Waals surface area (Å²) in [6, 6.07) is 7.81. The van der Waals surface area contributed by atoms with Crippen LogP contribution in [0, 0.1) is 5.92 Å². The standard InChI is InChI=1S/C13H18N2O2.ClH/c1-15(13(16)11-7-14-8-11)9-10-3-5-12(17-2)6-4-10;/h3-6,11,14H,7-9H2,1-2H3;1H. The van der Waals surface area contributed by atoms with Crippen LogP contribution in [0.25, 0.3) is 0 Å². The zero-order valence-electron chi connectivity index (χ0n) is 10.7. The molecule has 18 heavy (non-hydrogen) atoms. The van der Waals surface area contributed by atoms with Gasteiger partial charge in [-0.25, -0.2) is 0 Å². The van der Waals surface area contributed by atoms with Crippen LogP contribution in [-0.4, -0.2) is 38.1 Å². The molecule has 5 heteroatoms. The molecule has 0 unspecified atom stereocenters. The molecule has 0 radical (unpaired) electrons. The summed E-state index contributed by atoms with van der Waals surface area (Å²) in [5.41, 5.74) is 1.12. The molecule has 1 fully saturated rings. The van der Waals surface area contributed by atoms with E-state index < -0.39 is 0 Å². The highest BCUT2D eigenvalue weighted by atomic mass is 35.5. The Balaban J connectivity index is 0.00000162. The number of ether oxygens (including phenoxy) is 1. The van der Waals surface area contributed by atoms with Crippen molar-refractivity contribution in [3.05, 3.63) is 29.8 Å². The van der Waals surface area contributed by atoms with Gasteiger partial charge in [0.15, 0.2) is 0 Å². The molecule has 1 aliphatic heterocycles. The fourth-order valence-electron chi connectivity index (χ4n) is 1.86. The molecule has 2 rings (SSSR count). The maximum Gasteiger partial charge on any atom is 0.228 e. The number of halogens is 1. The summed E-state index contributed by atoms with van der Waals surface area (Å²) >= 11 is 0. The summed E-state index contributed by atoms with van der Waals surface area (Å²) in [6.07, 6.45) is 0. The second-order valence-corrected chi connectivity index (χ2v) is 4.40. The average molecular weight is 271 g/mol. The van der Waals surface area contributed by atoms with Crippen molar-refractivity contribution in [2.24, 2.45) is 5.92 Å². The fraction of sp³-hybridized carbons (Fsp3) is 0.462. The summed E-state index contributed by atoms with van der Waals surface area (Å²) in [7, 11) is 3.50. The Morgan fingerprint density at radius 2 is 2.00 bits per heavy atom. The molecule has 1 saturated heterocycles. The highest BCUT2D eigenvalue weighted by molar-refractivity contribution is 5.85. The highest BCUT2D eigenvalue weighted by Gasteiger charge is 2.27.